The first kappa shape index (κ1) is 9.96. The minimum Gasteiger partial charge on any atom is -0.478 e. The van der Waals surface area contributed by atoms with Crippen molar-refractivity contribution in [3.63, 3.8) is 0 Å². The number of hydrogen-bond donors (Lipinski definition) is 2. The smallest absolute Gasteiger partial charge is 0.339 e. The monoisotopic (exact) mass is 206 g/mol. The van der Waals surface area contributed by atoms with E-state index >= 15 is 0 Å². The van der Waals surface area contributed by atoms with E-state index in [4.69, 9.17) is 10.8 Å². The fourth-order valence-corrected chi connectivity index (χ4v) is 2.17. The number of pyridine rings is 1. The molecule has 2 rings (SSSR count). The van der Waals surface area contributed by atoms with Crippen LogP contribution in [0.3, 0.4) is 0 Å². The Balaban J connectivity index is 2.55. The first-order chi connectivity index (χ1) is 7.09. The summed E-state index contributed by atoms with van der Waals surface area (Å²) in [6.07, 6.45) is 4.44. The molecule has 0 amide bonds. The van der Waals surface area contributed by atoms with Crippen LogP contribution < -0.4 is 5.73 Å². The molecule has 1 aromatic rings. The largest absolute Gasteiger partial charge is 0.478 e. The molecule has 1 atom stereocenters. The van der Waals surface area contributed by atoms with Crippen LogP contribution in [0.2, 0.25) is 0 Å². The molecular weight excluding hydrogens is 192 g/mol. The highest BCUT2D eigenvalue weighted by atomic mass is 16.4. The number of nitrogens with zero attached hydrogens (tertiary/aromatic N) is 1. The van der Waals surface area contributed by atoms with Crippen LogP contribution in [0.4, 0.5) is 5.82 Å². The highest BCUT2D eigenvalue weighted by molar-refractivity contribution is 5.94. The van der Waals surface area contributed by atoms with E-state index in [0.29, 0.717) is 5.92 Å². The van der Waals surface area contributed by atoms with E-state index in [1.165, 1.54) is 0 Å². The standard InChI is InChI=1S/C11H14N2O2/c1-6-2-3-8-7(4-6)5-13-10(12)9(8)11(14)15/h5-6H,2-4H2,1H3,(H2,12,13)(H,14,15). The second kappa shape index (κ2) is 3.53. The van der Waals surface area contributed by atoms with E-state index in [9.17, 15) is 4.79 Å². The third-order valence-corrected chi connectivity index (χ3v) is 2.97. The summed E-state index contributed by atoms with van der Waals surface area (Å²) >= 11 is 0. The Bertz CT molecular complexity index is 415. The normalized spacial score (nSPS) is 19.7. The molecule has 1 unspecified atom stereocenters. The fourth-order valence-electron chi connectivity index (χ4n) is 2.17. The maximum absolute atomic E-state index is 11.1. The van der Waals surface area contributed by atoms with Crippen molar-refractivity contribution in [2.75, 3.05) is 5.73 Å². The van der Waals surface area contributed by atoms with Crippen LogP contribution in [0, 0.1) is 5.92 Å². The van der Waals surface area contributed by atoms with Crippen molar-refractivity contribution in [1.82, 2.24) is 4.98 Å². The molecule has 1 aliphatic carbocycles. The maximum Gasteiger partial charge on any atom is 0.339 e. The predicted molar refractivity (Wildman–Crippen MR) is 56.8 cm³/mol. The Labute approximate surface area is 88.1 Å². The van der Waals surface area contributed by atoms with Crippen molar-refractivity contribution >= 4 is 11.8 Å². The van der Waals surface area contributed by atoms with Gasteiger partial charge in [0.25, 0.3) is 0 Å². The number of aromatic carboxylic acids is 1. The quantitative estimate of drug-likeness (QED) is 0.729. The molecular formula is C11H14N2O2. The van der Waals surface area contributed by atoms with E-state index in [1.54, 1.807) is 6.20 Å². The SMILES string of the molecule is CC1CCc2c(cnc(N)c2C(=O)O)C1. The Hall–Kier alpha value is -1.58. The van der Waals surface area contributed by atoms with Gasteiger partial charge < -0.3 is 10.8 Å². The molecule has 1 heterocycles. The summed E-state index contributed by atoms with van der Waals surface area (Å²) in [6, 6.07) is 0. The molecule has 0 radical (unpaired) electrons. The molecule has 15 heavy (non-hydrogen) atoms. The average molecular weight is 206 g/mol. The van der Waals surface area contributed by atoms with Crippen LogP contribution in [0.25, 0.3) is 0 Å². The lowest BCUT2D eigenvalue weighted by Crippen LogP contribution is -2.18. The second-order valence-corrected chi connectivity index (χ2v) is 4.18. The summed E-state index contributed by atoms with van der Waals surface area (Å²) in [5.74, 6) is -0.230. The number of carboxylic acids is 1. The first-order valence-electron chi connectivity index (χ1n) is 5.09. The first-order valence-corrected chi connectivity index (χ1v) is 5.09. The molecule has 4 heteroatoms. The molecule has 4 nitrogen and oxygen atoms in total. The third kappa shape index (κ3) is 1.67. The summed E-state index contributed by atoms with van der Waals surface area (Å²) in [4.78, 5) is 15.0. The number of rotatable bonds is 1. The molecule has 1 aliphatic rings. The number of nitrogens with two attached hydrogens (primary N) is 1. The summed E-state index contributed by atoms with van der Waals surface area (Å²) in [5, 5.41) is 9.07. The molecule has 0 saturated carbocycles. The van der Waals surface area contributed by atoms with Gasteiger partial charge in [-0.2, -0.15) is 0 Å². The highest BCUT2D eigenvalue weighted by Gasteiger charge is 2.23. The summed E-state index contributed by atoms with van der Waals surface area (Å²) < 4.78 is 0. The van der Waals surface area contributed by atoms with Crippen molar-refractivity contribution in [3.05, 3.63) is 22.9 Å². The number of anilines is 1. The van der Waals surface area contributed by atoms with E-state index in [1.807, 2.05) is 0 Å². The number of nitrogen functional groups attached to an aromatic ring is 1. The van der Waals surface area contributed by atoms with Gasteiger partial charge in [0.2, 0.25) is 0 Å². The van der Waals surface area contributed by atoms with Gasteiger partial charge in [0.05, 0.1) is 0 Å². The number of hydrogen-bond acceptors (Lipinski definition) is 3. The van der Waals surface area contributed by atoms with E-state index < -0.39 is 5.97 Å². The zero-order valence-corrected chi connectivity index (χ0v) is 8.66. The molecule has 1 aromatic heterocycles. The molecule has 0 aromatic carbocycles. The van der Waals surface area contributed by atoms with E-state index in [-0.39, 0.29) is 11.4 Å². The minimum atomic E-state index is -0.966. The van der Waals surface area contributed by atoms with Crippen molar-refractivity contribution in [1.29, 1.82) is 0 Å². The van der Waals surface area contributed by atoms with Crippen molar-refractivity contribution in [3.8, 4) is 0 Å². The van der Waals surface area contributed by atoms with Gasteiger partial charge in [0.1, 0.15) is 11.4 Å². The molecule has 0 aliphatic heterocycles. The summed E-state index contributed by atoms with van der Waals surface area (Å²) in [6.45, 7) is 2.17. The Morgan fingerprint density at radius 3 is 3.07 bits per heavy atom. The third-order valence-electron chi connectivity index (χ3n) is 2.97. The second-order valence-electron chi connectivity index (χ2n) is 4.18. The van der Waals surface area contributed by atoms with Gasteiger partial charge in [-0.1, -0.05) is 6.92 Å². The molecule has 80 valence electrons. The van der Waals surface area contributed by atoms with Crippen LogP contribution in [0.15, 0.2) is 6.20 Å². The molecule has 0 spiro atoms. The zero-order valence-electron chi connectivity index (χ0n) is 8.66. The van der Waals surface area contributed by atoms with Gasteiger partial charge in [0.15, 0.2) is 0 Å². The number of fused-ring (bicyclic) bond motifs is 1. The molecule has 3 N–H and O–H groups in total. The van der Waals surface area contributed by atoms with Gasteiger partial charge in [-0.3, -0.25) is 0 Å². The topological polar surface area (TPSA) is 76.2 Å². The van der Waals surface area contributed by atoms with Crippen LogP contribution in [0.5, 0.6) is 0 Å². The molecule has 0 fully saturated rings. The van der Waals surface area contributed by atoms with Gasteiger partial charge >= 0.3 is 5.97 Å². The van der Waals surface area contributed by atoms with Gasteiger partial charge in [-0.25, -0.2) is 9.78 Å². The van der Waals surface area contributed by atoms with E-state index in [2.05, 4.69) is 11.9 Å². The lowest BCUT2D eigenvalue weighted by molar-refractivity contribution is 0.0696. The average Bonchev–Trinajstić information content (AvgIpc) is 2.17. The molecule has 0 saturated heterocycles. The fraction of sp³-hybridized carbons (Fsp3) is 0.455. The zero-order chi connectivity index (χ0) is 11.0. The predicted octanol–water partition coefficient (Wildman–Crippen LogP) is 1.49. The van der Waals surface area contributed by atoms with Crippen molar-refractivity contribution < 1.29 is 9.90 Å². The van der Waals surface area contributed by atoms with Gasteiger partial charge in [0, 0.05) is 6.20 Å². The Morgan fingerprint density at radius 2 is 2.40 bits per heavy atom. The summed E-state index contributed by atoms with van der Waals surface area (Å²) in [5.41, 5.74) is 7.72. The van der Waals surface area contributed by atoms with Crippen molar-refractivity contribution in [2.24, 2.45) is 5.92 Å². The van der Waals surface area contributed by atoms with Crippen LogP contribution in [0.1, 0.15) is 34.8 Å². The number of carboxylic acid groups (broad SMARTS) is 1. The minimum absolute atomic E-state index is 0.135. The van der Waals surface area contributed by atoms with Gasteiger partial charge in [-0.15, -0.1) is 0 Å². The lowest BCUT2D eigenvalue weighted by Gasteiger charge is -2.22. The Kier molecular flexibility index (Phi) is 2.34. The highest BCUT2D eigenvalue weighted by Crippen LogP contribution is 2.29. The van der Waals surface area contributed by atoms with Crippen molar-refractivity contribution in [2.45, 2.75) is 26.2 Å². The molecule has 0 bridgehead atoms. The van der Waals surface area contributed by atoms with Crippen LogP contribution >= 0.6 is 0 Å². The summed E-state index contributed by atoms with van der Waals surface area (Å²) in [7, 11) is 0. The maximum atomic E-state index is 11.1. The lowest BCUT2D eigenvalue weighted by atomic mass is 9.84. The number of aromatic nitrogens is 1. The van der Waals surface area contributed by atoms with Crippen LogP contribution in [-0.2, 0) is 12.8 Å². The van der Waals surface area contributed by atoms with Gasteiger partial charge in [-0.05, 0) is 36.3 Å². The van der Waals surface area contributed by atoms with Crippen LogP contribution in [-0.4, -0.2) is 16.1 Å². The number of carbonyl (C=O) groups is 1. The van der Waals surface area contributed by atoms with E-state index in [0.717, 1.165) is 30.4 Å². The Morgan fingerprint density at radius 1 is 1.67 bits per heavy atom.